The highest BCUT2D eigenvalue weighted by molar-refractivity contribution is 7.10. The van der Waals surface area contributed by atoms with Crippen molar-refractivity contribution in [1.82, 2.24) is 10.2 Å². The third kappa shape index (κ3) is 4.66. The number of aryl methyl sites for hydroxylation is 1. The molecule has 0 radical (unpaired) electrons. The Bertz CT molecular complexity index is 354. The van der Waals surface area contributed by atoms with Gasteiger partial charge >= 0.3 is 0 Å². The number of carbonyl (C=O) groups excluding carboxylic acids is 1. The standard InChI is InChI=1S/C12H20N2OS.ClH/c1-9-5-6-16-11(9)8-14(4)12(15)10(2)7-13-3;/h5-6,10,13H,7-8H2,1-4H3;1H. The Labute approximate surface area is 114 Å². The number of carbonyl (C=O) groups is 1. The van der Waals surface area contributed by atoms with E-state index in [-0.39, 0.29) is 24.2 Å². The maximum Gasteiger partial charge on any atom is 0.226 e. The maximum atomic E-state index is 12.0. The molecule has 0 aliphatic rings. The van der Waals surface area contributed by atoms with Gasteiger partial charge in [0, 0.05) is 24.4 Å². The van der Waals surface area contributed by atoms with Crippen LogP contribution in [0.15, 0.2) is 11.4 Å². The zero-order valence-corrected chi connectivity index (χ0v) is 12.5. The molecule has 0 aromatic carbocycles. The van der Waals surface area contributed by atoms with Crippen LogP contribution >= 0.6 is 23.7 Å². The summed E-state index contributed by atoms with van der Waals surface area (Å²) in [6.45, 7) is 5.49. The molecule has 0 saturated carbocycles. The molecule has 1 aromatic rings. The van der Waals surface area contributed by atoms with E-state index in [1.54, 1.807) is 16.2 Å². The molecule has 0 saturated heterocycles. The van der Waals surface area contributed by atoms with Crippen LogP contribution in [0.2, 0.25) is 0 Å². The lowest BCUT2D eigenvalue weighted by atomic mass is 10.1. The van der Waals surface area contributed by atoms with E-state index in [9.17, 15) is 4.79 Å². The molecular weight excluding hydrogens is 256 g/mol. The van der Waals surface area contributed by atoms with E-state index in [2.05, 4.69) is 23.7 Å². The monoisotopic (exact) mass is 276 g/mol. The molecule has 1 N–H and O–H groups in total. The summed E-state index contributed by atoms with van der Waals surface area (Å²) < 4.78 is 0. The van der Waals surface area contributed by atoms with Crippen molar-refractivity contribution in [2.45, 2.75) is 20.4 Å². The van der Waals surface area contributed by atoms with E-state index in [0.717, 1.165) is 13.1 Å². The van der Waals surface area contributed by atoms with Gasteiger partial charge in [0.05, 0.1) is 6.54 Å². The zero-order valence-electron chi connectivity index (χ0n) is 10.8. The fourth-order valence-electron chi connectivity index (χ4n) is 1.63. The van der Waals surface area contributed by atoms with Crippen LogP contribution < -0.4 is 5.32 Å². The normalized spacial score (nSPS) is 11.8. The molecule has 1 heterocycles. The quantitative estimate of drug-likeness (QED) is 0.895. The van der Waals surface area contributed by atoms with Gasteiger partial charge in [-0.3, -0.25) is 4.79 Å². The van der Waals surface area contributed by atoms with Crippen LogP contribution in [0.25, 0.3) is 0 Å². The van der Waals surface area contributed by atoms with Gasteiger partial charge in [0.2, 0.25) is 5.91 Å². The maximum absolute atomic E-state index is 12.0. The highest BCUT2D eigenvalue weighted by atomic mass is 35.5. The molecule has 98 valence electrons. The number of amides is 1. The number of hydrogen-bond acceptors (Lipinski definition) is 3. The van der Waals surface area contributed by atoms with Gasteiger partial charge in [0.25, 0.3) is 0 Å². The van der Waals surface area contributed by atoms with E-state index >= 15 is 0 Å². The van der Waals surface area contributed by atoms with Gasteiger partial charge in [-0.2, -0.15) is 0 Å². The smallest absolute Gasteiger partial charge is 0.226 e. The van der Waals surface area contributed by atoms with Crippen LogP contribution in [-0.2, 0) is 11.3 Å². The van der Waals surface area contributed by atoms with Crippen molar-refractivity contribution in [2.75, 3.05) is 20.6 Å². The predicted octanol–water partition coefficient (Wildman–Crippen LogP) is 2.29. The van der Waals surface area contributed by atoms with Gasteiger partial charge < -0.3 is 10.2 Å². The first kappa shape index (κ1) is 16.4. The van der Waals surface area contributed by atoms with Crippen LogP contribution in [-0.4, -0.2) is 31.4 Å². The molecular formula is C12H21ClN2OS. The minimum atomic E-state index is 0. The molecule has 0 spiro atoms. The van der Waals surface area contributed by atoms with Crippen LogP contribution in [0, 0.1) is 12.8 Å². The molecule has 1 aromatic heterocycles. The second-order valence-electron chi connectivity index (χ2n) is 4.18. The van der Waals surface area contributed by atoms with Crippen LogP contribution in [0.4, 0.5) is 0 Å². The predicted molar refractivity (Wildman–Crippen MR) is 75.9 cm³/mol. The fourth-order valence-corrected chi connectivity index (χ4v) is 2.59. The van der Waals surface area contributed by atoms with Crippen LogP contribution in [0.3, 0.4) is 0 Å². The van der Waals surface area contributed by atoms with Crippen LogP contribution in [0.1, 0.15) is 17.4 Å². The first-order chi connectivity index (χ1) is 7.56. The van der Waals surface area contributed by atoms with E-state index < -0.39 is 0 Å². The SMILES string of the molecule is CNCC(C)C(=O)N(C)Cc1sccc1C.Cl. The number of halogens is 1. The van der Waals surface area contributed by atoms with Crippen molar-refractivity contribution in [3.05, 3.63) is 21.9 Å². The summed E-state index contributed by atoms with van der Waals surface area (Å²) >= 11 is 1.71. The lowest BCUT2D eigenvalue weighted by Crippen LogP contribution is -2.35. The molecule has 1 atom stereocenters. The fraction of sp³-hybridized carbons (Fsp3) is 0.583. The van der Waals surface area contributed by atoms with Gasteiger partial charge in [0.1, 0.15) is 0 Å². The lowest BCUT2D eigenvalue weighted by molar-refractivity contribution is -0.134. The third-order valence-corrected chi connectivity index (χ3v) is 3.66. The van der Waals surface area contributed by atoms with E-state index in [1.165, 1.54) is 10.4 Å². The summed E-state index contributed by atoms with van der Waals surface area (Å²) in [5, 5.41) is 5.10. The number of nitrogens with zero attached hydrogens (tertiary/aromatic N) is 1. The first-order valence-electron chi connectivity index (χ1n) is 5.48. The number of hydrogen-bond donors (Lipinski definition) is 1. The van der Waals surface area contributed by atoms with Crippen molar-refractivity contribution >= 4 is 29.7 Å². The van der Waals surface area contributed by atoms with E-state index in [0.29, 0.717) is 0 Å². The highest BCUT2D eigenvalue weighted by Gasteiger charge is 2.17. The minimum Gasteiger partial charge on any atom is -0.340 e. The summed E-state index contributed by atoms with van der Waals surface area (Å²) in [6.07, 6.45) is 0. The summed E-state index contributed by atoms with van der Waals surface area (Å²) in [5.74, 6) is 0.234. The topological polar surface area (TPSA) is 32.3 Å². The highest BCUT2D eigenvalue weighted by Crippen LogP contribution is 2.17. The Hall–Kier alpha value is -0.580. The van der Waals surface area contributed by atoms with E-state index in [4.69, 9.17) is 0 Å². The molecule has 0 aliphatic carbocycles. The average Bonchev–Trinajstić information content (AvgIpc) is 2.63. The number of nitrogens with one attached hydrogen (secondary N) is 1. The Morgan fingerprint density at radius 2 is 2.24 bits per heavy atom. The molecule has 1 amide bonds. The van der Waals surface area contributed by atoms with Gasteiger partial charge in [-0.15, -0.1) is 23.7 Å². The second-order valence-corrected chi connectivity index (χ2v) is 5.18. The molecule has 0 aliphatic heterocycles. The molecule has 3 nitrogen and oxygen atoms in total. The molecule has 5 heteroatoms. The Balaban J connectivity index is 0.00000256. The van der Waals surface area contributed by atoms with Gasteiger partial charge in [-0.1, -0.05) is 6.92 Å². The molecule has 1 rings (SSSR count). The number of rotatable bonds is 5. The molecule has 17 heavy (non-hydrogen) atoms. The zero-order chi connectivity index (χ0) is 12.1. The second kappa shape index (κ2) is 7.69. The minimum absolute atomic E-state index is 0. The van der Waals surface area contributed by atoms with Crippen molar-refractivity contribution in [3.8, 4) is 0 Å². The summed E-state index contributed by atoms with van der Waals surface area (Å²) in [6, 6.07) is 2.09. The summed E-state index contributed by atoms with van der Waals surface area (Å²) in [4.78, 5) is 15.0. The first-order valence-corrected chi connectivity index (χ1v) is 6.36. The summed E-state index contributed by atoms with van der Waals surface area (Å²) in [7, 11) is 3.74. The van der Waals surface area contributed by atoms with Crippen molar-refractivity contribution in [2.24, 2.45) is 5.92 Å². The van der Waals surface area contributed by atoms with Crippen LogP contribution in [0.5, 0.6) is 0 Å². The summed E-state index contributed by atoms with van der Waals surface area (Å²) in [5.41, 5.74) is 1.27. The molecule has 1 unspecified atom stereocenters. The van der Waals surface area contributed by atoms with Gasteiger partial charge in [0.15, 0.2) is 0 Å². The lowest BCUT2D eigenvalue weighted by Gasteiger charge is -2.21. The Kier molecular flexibility index (Phi) is 7.43. The Morgan fingerprint density at radius 3 is 2.71 bits per heavy atom. The Morgan fingerprint density at radius 1 is 1.59 bits per heavy atom. The van der Waals surface area contributed by atoms with E-state index in [1.807, 2.05) is 21.0 Å². The largest absolute Gasteiger partial charge is 0.340 e. The average molecular weight is 277 g/mol. The molecule has 0 bridgehead atoms. The van der Waals surface area contributed by atoms with Gasteiger partial charge in [-0.05, 0) is 31.0 Å². The molecule has 0 fully saturated rings. The van der Waals surface area contributed by atoms with Gasteiger partial charge in [-0.25, -0.2) is 0 Å². The number of thiophene rings is 1. The van der Waals surface area contributed by atoms with Crippen molar-refractivity contribution in [3.63, 3.8) is 0 Å². The van der Waals surface area contributed by atoms with Crippen molar-refractivity contribution < 1.29 is 4.79 Å². The third-order valence-electron chi connectivity index (χ3n) is 2.66. The van der Waals surface area contributed by atoms with Crippen molar-refractivity contribution in [1.29, 1.82) is 0 Å².